The minimum absolute atomic E-state index is 0.286. The number of benzene rings is 1. The molecule has 5 nitrogen and oxygen atoms in total. The number of hydrogen-bond donors (Lipinski definition) is 3. The Morgan fingerprint density at radius 1 is 1.33 bits per heavy atom. The van der Waals surface area contributed by atoms with Crippen molar-refractivity contribution >= 4 is 17.5 Å². The lowest BCUT2D eigenvalue weighted by Crippen LogP contribution is -2.36. The van der Waals surface area contributed by atoms with Crippen LogP contribution in [0.4, 0.5) is 5.69 Å². The van der Waals surface area contributed by atoms with Crippen molar-refractivity contribution in [2.24, 2.45) is 11.5 Å². The molecule has 0 aromatic heterocycles. The molecule has 0 saturated heterocycles. The smallest absolute Gasteiger partial charge is 0.250 e. The molecule has 0 unspecified atom stereocenters. The Morgan fingerprint density at radius 3 is 2.61 bits per heavy atom. The molecule has 1 atom stereocenters. The quantitative estimate of drug-likeness (QED) is 0.707. The van der Waals surface area contributed by atoms with Crippen LogP contribution in [0.25, 0.3) is 0 Å². The summed E-state index contributed by atoms with van der Waals surface area (Å²) in [6.45, 7) is 2.03. The summed E-state index contributed by atoms with van der Waals surface area (Å²) in [5.74, 6) is -0.870. The van der Waals surface area contributed by atoms with Crippen LogP contribution in [0.3, 0.4) is 0 Å². The second kappa shape index (κ2) is 6.76. The minimum Gasteiger partial charge on any atom is -0.366 e. The molecular formula is C13H19N3O2. The zero-order chi connectivity index (χ0) is 13.5. The van der Waals surface area contributed by atoms with E-state index in [9.17, 15) is 9.59 Å². The van der Waals surface area contributed by atoms with Crippen LogP contribution in [-0.2, 0) is 4.79 Å². The molecule has 0 bridgehead atoms. The third kappa shape index (κ3) is 3.85. The summed E-state index contributed by atoms with van der Waals surface area (Å²) >= 11 is 0. The van der Waals surface area contributed by atoms with Crippen LogP contribution in [0, 0.1) is 0 Å². The van der Waals surface area contributed by atoms with Gasteiger partial charge in [-0.2, -0.15) is 0 Å². The Hall–Kier alpha value is -1.88. The van der Waals surface area contributed by atoms with Gasteiger partial charge in [-0.1, -0.05) is 31.9 Å². The standard InChI is InChI=1S/C13H19N3O2/c1-2-3-7-10(14)13(18)16-11-8-5-4-6-9(11)12(15)17/h4-6,8,10H,2-3,7,14H2,1H3,(H2,15,17)(H,16,18)/t10-/m0/s1. The summed E-state index contributed by atoms with van der Waals surface area (Å²) in [5, 5.41) is 2.64. The van der Waals surface area contributed by atoms with Crippen molar-refractivity contribution in [2.45, 2.75) is 32.2 Å². The maximum Gasteiger partial charge on any atom is 0.250 e. The number of carbonyl (C=O) groups excluding carboxylic acids is 2. The van der Waals surface area contributed by atoms with E-state index in [2.05, 4.69) is 5.32 Å². The first-order valence-electron chi connectivity index (χ1n) is 6.01. The topological polar surface area (TPSA) is 98.2 Å². The Labute approximate surface area is 107 Å². The van der Waals surface area contributed by atoms with E-state index in [1.165, 1.54) is 0 Å². The van der Waals surface area contributed by atoms with E-state index < -0.39 is 11.9 Å². The molecule has 0 saturated carbocycles. The van der Waals surface area contributed by atoms with Gasteiger partial charge in [0.25, 0.3) is 5.91 Å². The number of primary amides is 1. The fourth-order valence-corrected chi connectivity index (χ4v) is 1.59. The van der Waals surface area contributed by atoms with Gasteiger partial charge in [0.2, 0.25) is 5.91 Å². The van der Waals surface area contributed by atoms with Crippen LogP contribution in [-0.4, -0.2) is 17.9 Å². The molecular weight excluding hydrogens is 230 g/mol. The van der Waals surface area contributed by atoms with Gasteiger partial charge in [0.05, 0.1) is 17.3 Å². The highest BCUT2D eigenvalue weighted by molar-refractivity contribution is 6.04. The van der Waals surface area contributed by atoms with E-state index in [-0.39, 0.29) is 11.5 Å². The number of rotatable bonds is 6. The summed E-state index contributed by atoms with van der Waals surface area (Å²) in [5.41, 5.74) is 11.7. The summed E-state index contributed by atoms with van der Waals surface area (Å²) in [6.07, 6.45) is 2.51. The Bertz CT molecular complexity index is 432. The molecule has 0 aliphatic rings. The van der Waals surface area contributed by atoms with Gasteiger partial charge in [0.15, 0.2) is 0 Å². The molecule has 0 radical (unpaired) electrons. The molecule has 1 aromatic rings. The third-order valence-corrected chi connectivity index (χ3v) is 2.66. The minimum atomic E-state index is -0.576. The van der Waals surface area contributed by atoms with Crippen molar-refractivity contribution < 1.29 is 9.59 Å². The maximum absolute atomic E-state index is 11.8. The molecule has 0 aliphatic heterocycles. The van der Waals surface area contributed by atoms with Gasteiger partial charge in [0, 0.05) is 0 Å². The molecule has 1 rings (SSSR count). The number of nitrogens with one attached hydrogen (secondary N) is 1. The van der Waals surface area contributed by atoms with E-state index in [1.807, 2.05) is 6.92 Å². The summed E-state index contributed by atoms with van der Waals surface area (Å²) in [6, 6.07) is 6.04. The average molecular weight is 249 g/mol. The summed E-state index contributed by atoms with van der Waals surface area (Å²) in [7, 11) is 0. The van der Waals surface area contributed by atoms with Gasteiger partial charge >= 0.3 is 0 Å². The number of unbranched alkanes of at least 4 members (excludes halogenated alkanes) is 1. The molecule has 5 heteroatoms. The molecule has 1 aromatic carbocycles. The predicted molar refractivity (Wildman–Crippen MR) is 71.1 cm³/mol. The lowest BCUT2D eigenvalue weighted by molar-refractivity contribution is -0.117. The number of hydrogen-bond acceptors (Lipinski definition) is 3. The first kappa shape index (κ1) is 14.2. The lowest BCUT2D eigenvalue weighted by atomic mass is 10.1. The third-order valence-electron chi connectivity index (χ3n) is 2.66. The van der Waals surface area contributed by atoms with Crippen molar-refractivity contribution in [2.75, 3.05) is 5.32 Å². The molecule has 5 N–H and O–H groups in total. The van der Waals surface area contributed by atoms with Crippen molar-refractivity contribution in [3.63, 3.8) is 0 Å². The fourth-order valence-electron chi connectivity index (χ4n) is 1.59. The van der Waals surface area contributed by atoms with Crippen LogP contribution < -0.4 is 16.8 Å². The fraction of sp³-hybridized carbons (Fsp3) is 0.385. The molecule has 0 heterocycles. The summed E-state index contributed by atoms with van der Waals surface area (Å²) in [4.78, 5) is 23.0. The van der Waals surface area contributed by atoms with Gasteiger partial charge in [-0.3, -0.25) is 9.59 Å². The van der Waals surface area contributed by atoms with E-state index >= 15 is 0 Å². The SMILES string of the molecule is CCCC[C@H](N)C(=O)Nc1ccccc1C(N)=O. The Morgan fingerprint density at radius 2 is 2.00 bits per heavy atom. The van der Waals surface area contributed by atoms with Crippen LogP contribution in [0.1, 0.15) is 36.5 Å². The highest BCUT2D eigenvalue weighted by atomic mass is 16.2. The van der Waals surface area contributed by atoms with Gasteiger partial charge in [-0.25, -0.2) is 0 Å². The predicted octanol–water partition coefficient (Wildman–Crippen LogP) is 1.24. The van der Waals surface area contributed by atoms with Crippen molar-refractivity contribution in [3.8, 4) is 0 Å². The van der Waals surface area contributed by atoms with Gasteiger partial charge in [0.1, 0.15) is 0 Å². The lowest BCUT2D eigenvalue weighted by Gasteiger charge is -2.13. The zero-order valence-electron chi connectivity index (χ0n) is 10.5. The van der Waals surface area contributed by atoms with E-state index in [0.29, 0.717) is 12.1 Å². The normalized spacial score (nSPS) is 11.9. The molecule has 98 valence electrons. The Balaban J connectivity index is 2.72. The van der Waals surface area contributed by atoms with Crippen molar-refractivity contribution in [1.29, 1.82) is 0 Å². The highest BCUT2D eigenvalue weighted by Crippen LogP contribution is 2.14. The van der Waals surface area contributed by atoms with Crippen LogP contribution in [0.15, 0.2) is 24.3 Å². The van der Waals surface area contributed by atoms with Gasteiger partial charge in [-0.05, 0) is 18.6 Å². The van der Waals surface area contributed by atoms with Crippen LogP contribution in [0.5, 0.6) is 0 Å². The van der Waals surface area contributed by atoms with Crippen molar-refractivity contribution in [1.82, 2.24) is 0 Å². The van der Waals surface area contributed by atoms with Gasteiger partial charge in [-0.15, -0.1) is 0 Å². The van der Waals surface area contributed by atoms with Crippen molar-refractivity contribution in [3.05, 3.63) is 29.8 Å². The molecule has 2 amide bonds. The average Bonchev–Trinajstić information content (AvgIpc) is 2.36. The number of amides is 2. The van der Waals surface area contributed by atoms with Crippen LogP contribution >= 0.6 is 0 Å². The second-order valence-electron chi connectivity index (χ2n) is 4.15. The Kier molecular flexibility index (Phi) is 5.32. The number of anilines is 1. The number of para-hydroxylation sites is 1. The second-order valence-corrected chi connectivity index (χ2v) is 4.15. The number of carbonyl (C=O) groups is 2. The van der Waals surface area contributed by atoms with E-state index in [0.717, 1.165) is 12.8 Å². The first-order chi connectivity index (χ1) is 8.56. The molecule has 0 spiro atoms. The molecule has 18 heavy (non-hydrogen) atoms. The highest BCUT2D eigenvalue weighted by Gasteiger charge is 2.15. The van der Waals surface area contributed by atoms with E-state index in [1.54, 1.807) is 24.3 Å². The first-order valence-corrected chi connectivity index (χ1v) is 6.01. The summed E-state index contributed by atoms with van der Waals surface area (Å²) < 4.78 is 0. The largest absolute Gasteiger partial charge is 0.366 e. The monoisotopic (exact) mass is 249 g/mol. The van der Waals surface area contributed by atoms with Gasteiger partial charge < -0.3 is 16.8 Å². The van der Waals surface area contributed by atoms with E-state index in [4.69, 9.17) is 11.5 Å². The van der Waals surface area contributed by atoms with Crippen LogP contribution in [0.2, 0.25) is 0 Å². The maximum atomic E-state index is 11.8. The molecule has 0 aliphatic carbocycles. The molecule has 0 fully saturated rings. The zero-order valence-corrected chi connectivity index (χ0v) is 10.5. The number of nitrogens with two attached hydrogens (primary N) is 2.